The van der Waals surface area contributed by atoms with Crippen LogP contribution in [0.5, 0.6) is 0 Å². The third-order valence-electron chi connectivity index (χ3n) is 5.63. The molecule has 0 saturated carbocycles. The lowest BCUT2D eigenvalue weighted by atomic mass is 10.0. The Labute approximate surface area is 197 Å². The molecule has 1 aliphatic rings. The zero-order chi connectivity index (χ0) is 24.6. The normalized spacial score (nSPS) is 14.6. The third-order valence-corrected chi connectivity index (χ3v) is 5.81. The molecule has 12 heteroatoms. The number of fused-ring (bicyclic) bond motifs is 3. The number of carbonyl (C=O) groups excluding carboxylic acids is 2. The number of aromatic nitrogens is 3. The number of nitrogens with zero attached hydrogens (tertiary/aromatic N) is 5. The zero-order valence-electron chi connectivity index (χ0n) is 18.3. The van der Waals surface area contributed by atoms with Gasteiger partial charge in [0.25, 0.3) is 5.91 Å². The first-order chi connectivity index (χ1) is 16.1. The largest absolute Gasteiger partial charge is 0.456 e. The Kier molecular flexibility index (Phi) is 6.39. The molecule has 0 fully saturated rings. The highest BCUT2D eigenvalue weighted by atomic mass is 35.5. The first-order valence-corrected chi connectivity index (χ1v) is 10.8. The highest BCUT2D eigenvalue weighted by molar-refractivity contribution is 6.29. The Morgan fingerprint density at radius 1 is 1.26 bits per heavy atom. The first kappa shape index (κ1) is 23.8. The first-order valence-electron chi connectivity index (χ1n) is 10.4. The van der Waals surface area contributed by atoms with Crippen LogP contribution in [0.25, 0.3) is 5.65 Å². The van der Waals surface area contributed by atoms with Crippen molar-refractivity contribution in [2.24, 2.45) is 0 Å². The number of ether oxygens (including phenoxy) is 1. The van der Waals surface area contributed by atoms with Crippen LogP contribution in [-0.2, 0) is 20.7 Å². The molecule has 180 valence electrons. The van der Waals surface area contributed by atoms with E-state index in [1.807, 2.05) is 4.90 Å². The van der Waals surface area contributed by atoms with Gasteiger partial charge in [-0.2, -0.15) is 18.3 Å². The summed E-state index contributed by atoms with van der Waals surface area (Å²) in [7, 11) is 1.03. The van der Waals surface area contributed by atoms with Crippen molar-refractivity contribution in [3.05, 3.63) is 52.9 Å². The van der Waals surface area contributed by atoms with Gasteiger partial charge >= 0.3 is 12.1 Å². The van der Waals surface area contributed by atoms with Crippen LogP contribution in [0.3, 0.4) is 0 Å². The van der Waals surface area contributed by atoms with E-state index in [4.69, 9.17) is 11.6 Å². The number of hydrogen-bond donors (Lipinski definition) is 0. The molecule has 0 saturated heterocycles. The summed E-state index contributed by atoms with van der Waals surface area (Å²) in [6.45, 7) is 0.964. The van der Waals surface area contributed by atoms with Gasteiger partial charge in [0.2, 0.25) is 0 Å². The summed E-state index contributed by atoms with van der Waals surface area (Å²) >= 11 is 6.02. The van der Waals surface area contributed by atoms with Crippen molar-refractivity contribution in [1.82, 2.24) is 19.5 Å². The predicted octanol–water partition coefficient (Wildman–Crippen LogP) is 4.09. The number of halogens is 4. The standard InChI is InChI=1S/C22H21ClF3N5O3/c1-13(32)34-12-20(33)29(2)21(22(24,25)26)14-5-7-15(8-6-14)30-9-3-4-16-17(30)11-27-19-10-18(23)28-31(16)19/h5-8,10-11,21H,3-4,9,12H2,1-2H3/t21-/m0/s1. The average molecular weight is 496 g/mol. The van der Waals surface area contributed by atoms with Crippen LogP contribution in [0.2, 0.25) is 5.15 Å². The zero-order valence-corrected chi connectivity index (χ0v) is 19.1. The van der Waals surface area contributed by atoms with E-state index >= 15 is 0 Å². The monoisotopic (exact) mass is 495 g/mol. The molecule has 0 bridgehead atoms. The van der Waals surface area contributed by atoms with Crippen LogP contribution in [0.15, 0.2) is 36.5 Å². The van der Waals surface area contributed by atoms with E-state index in [1.54, 1.807) is 28.9 Å². The number of alkyl halides is 3. The molecule has 1 aromatic carbocycles. The molecular formula is C22H21ClF3N5O3. The predicted molar refractivity (Wildman–Crippen MR) is 118 cm³/mol. The highest BCUT2D eigenvalue weighted by Crippen LogP contribution is 2.39. The molecule has 0 aliphatic carbocycles. The third kappa shape index (κ3) is 4.65. The Hall–Kier alpha value is -3.34. The number of aryl methyl sites for hydroxylation is 1. The van der Waals surface area contributed by atoms with E-state index in [1.165, 1.54) is 12.1 Å². The molecule has 0 spiro atoms. The van der Waals surface area contributed by atoms with E-state index < -0.39 is 30.7 Å². The number of amides is 1. The minimum Gasteiger partial charge on any atom is -0.456 e. The Morgan fingerprint density at radius 2 is 1.97 bits per heavy atom. The van der Waals surface area contributed by atoms with Gasteiger partial charge in [-0.25, -0.2) is 9.50 Å². The fraction of sp³-hybridized carbons (Fsp3) is 0.364. The molecule has 3 heterocycles. The Morgan fingerprint density at radius 3 is 2.62 bits per heavy atom. The van der Waals surface area contributed by atoms with Gasteiger partial charge in [0.15, 0.2) is 23.4 Å². The van der Waals surface area contributed by atoms with Crippen LogP contribution in [-0.4, -0.2) is 57.8 Å². The second kappa shape index (κ2) is 9.13. The summed E-state index contributed by atoms with van der Waals surface area (Å²) < 4.78 is 47.9. The molecule has 34 heavy (non-hydrogen) atoms. The van der Waals surface area contributed by atoms with Gasteiger partial charge in [-0.05, 0) is 30.5 Å². The summed E-state index contributed by atoms with van der Waals surface area (Å²) in [6.07, 6.45) is -1.46. The van der Waals surface area contributed by atoms with Crippen molar-refractivity contribution >= 4 is 40.5 Å². The smallest absolute Gasteiger partial charge is 0.413 e. The number of rotatable bonds is 5. The highest BCUT2D eigenvalue weighted by Gasteiger charge is 2.45. The molecule has 3 aromatic rings. The lowest BCUT2D eigenvalue weighted by Gasteiger charge is -2.32. The molecule has 0 radical (unpaired) electrons. The molecule has 1 aliphatic heterocycles. The van der Waals surface area contributed by atoms with E-state index in [-0.39, 0.29) is 5.56 Å². The molecule has 4 rings (SSSR count). The maximum Gasteiger partial charge on any atom is 0.413 e. The summed E-state index contributed by atoms with van der Waals surface area (Å²) in [6, 6.07) is 5.31. The van der Waals surface area contributed by atoms with Crippen molar-refractivity contribution in [1.29, 1.82) is 0 Å². The van der Waals surface area contributed by atoms with Gasteiger partial charge in [-0.1, -0.05) is 23.7 Å². The number of carbonyl (C=O) groups is 2. The van der Waals surface area contributed by atoms with Gasteiger partial charge in [0.05, 0.1) is 17.6 Å². The SMILES string of the molecule is CC(=O)OCC(=O)N(C)[C@@H](c1ccc(N2CCCc3c2cnc2cc(Cl)nn32)cc1)C(F)(F)F. The maximum absolute atomic E-state index is 13.9. The second-order valence-electron chi connectivity index (χ2n) is 7.90. The molecule has 0 unspecified atom stereocenters. The lowest BCUT2D eigenvalue weighted by Crippen LogP contribution is -2.41. The van der Waals surface area contributed by atoms with Crippen molar-refractivity contribution in [2.75, 3.05) is 25.1 Å². The number of likely N-dealkylation sites (N-methyl/N-ethyl adjacent to an activating group) is 1. The fourth-order valence-electron chi connectivity index (χ4n) is 4.07. The van der Waals surface area contributed by atoms with Gasteiger partial charge in [0.1, 0.15) is 0 Å². The van der Waals surface area contributed by atoms with Crippen LogP contribution in [0, 0.1) is 0 Å². The van der Waals surface area contributed by atoms with Crippen molar-refractivity contribution in [3.63, 3.8) is 0 Å². The van der Waals surface area contributed by atoms with Crippen molar-refractivity contribution in [3.8, 4) is 0 Å². The maximum atomic E-state index is 13.9. The number of hydrogen-bond acceptors (Lipinski definition) is 6. The lowest BCUT2D eigenvalue weighted by molar-refractivity contribution is -0.190. The van der Waals surface area contributed by atoms with Crippen LogP contribution < -0.4 is 4.90 Å². The molecular weight excluding hydrogens is 475 g/mol. The van der Waals surface area contributed by atoms with Gasteiger partial charge in [-0.15, -0.1) is 0 Å². The Bertz CT molecular complexity index is 1230. The number of benzene rings is 1. The molecule has 1 amide bonds. The summed E-state index contributed by atoms with van der Waals surface area (Å²) in [5.74, 6) is -1.71. The van der Waals surface area contributed by atoms with E-state index in [2.05, 4.69) is 14.8 Å². The van der Waals surface area contributed by atoms with Gasteiger partial charge in [0, 0.05) is 32.3 Å². The van der Waals surface area contributed by atoms with Crippen LogP contribution >= 0.6 is 11.6 Å². The number of esters is 1. The molecule has 8 nitrogen and oxygen atoms in total. The topological polar surface area (TPSA) is 80.0 Å². The minimum atomic E-state index is -4.73. The molecule has 0 N–H and O–H groups in total. The van der Waals surface area contributed by atoms with Crippen LogP contribution in [0.4, 0.5) is 24.5 Å². The van der Waals surface area contributed by atoms with E-state index in [0.29, 0.717) is 27.9 Å². The van der Waals surface area contributed by atoms with Crippen LogP contribution in [0.1, 0.15) is 30.6 Å². The van der Waals surface area contributed by atoms with Gasteiger partial charge in [-0.3, -0.25) is 9.59 Å². The quantitative estimate of drug-likeness (QED) is 0.496. The number of anilines is 2. The summed E-state index contributed by atoms with van der Waals surface area (Å²) in [5, 5.41) is 4.61. The summed E-state index contributed by atoms with van der Waals surface area (Å²) in [5.41, 5.74) is 2.90. The van der Waals surface area contributed by atoms with E-state index in [9.17, 15) is 22.8 Å². The fourth-order valence-corrected chi connectivity index (χ4v) is 4.25. The van der Waals surface area contributed by atoms with Gasteiger partial charge < -0.3 is 14.5 Å². The van der Waals surface area contributed by atoms with Crippen molar-refractivity contribution < 1.29 is 27.5 Å². The molecule has 2 aromatic heterocycles. The second-order valence-corrected chi connectivity index (χ2v) is 8.29. The van der Waals surface area contributed by atoms with Crippen molar-refractivity contribution in [2.45, 2.75) is 32.0 Å². The minimum absolute atomic E-state index is 0.111. The molecule has 1 atom stereocenters. The average Bonchev–Trinajstić information content (AvgIpc) is 3.17. The Balaban J connectivity index is 1.63. The van der Waals surface area contributed by atoms with E-state index in [0.717, 1.165) is 38.2 Å². The summed E-state index contributed by atoms with van der Waals surface area (Å²) in [4.78, 5) is 30.0.